The number of carboxylic acid groups (broad SMARTS) is 1. The van der Waals surface area contributed by atoms with Crippen molar-refractivity contribution in [2.24, 2.45) is 0 Å². The summed E-state index contributed by atoms with van der Waals surface area (Å²) < 4.78 is 1.53. The fourth-order valence-electron chi connectivity index (χ4n) is 2.13. The van der Waals surface area contributed by atoms with Crippen LogP contribution >= 0.6 is 0 Å². The summed E-state index contributed by atoms with van der Waals surface area (Å²) in [6, 6.07) is 7.40. The molecule has 1 aromatic heterocycles. The van der Waals surface area contributed by atoms with Crippen LogP contribution in [0.25, 0.3) is 11.0 Å². The molecule has 0 fully saturated rings. The molecule has 0 spiro atoms. The molecule has 0 amide bonds. The van der Waals surface area contributed by atoms with E-state index in [0.29, 0.717) is 12.8 Å². The van der Waals surface area contributed by atoms with Crippen LogP contribution in [0, 0.1) is 0 Å². The molecule has 0 unspecified atom stereocenters. The molecule has 0 aliphatic carbocycles. The van der Waals surface area contributed by atoms with Gasteiger partial charge in [0, 0.05) is 0 Å². The van der Waals surface area contributed by atoms with Crippen molar-refractivity contribution in [2.75, 3.05) is 0 Å². The van der Waals surface area contributed by atoms with Crippen molar-refractivity contribution in [1.82, 2.24) is 15.0 Å². The van der Waals surface area contributed by atoms with Gasteiger partial charge >= 0.3 is 5.97 Å². The van der Waals surface area contributed by atoms with Crippen LogP contribution in [0.5, 0.6) is 0 Å². The molecular weight excluding hydrogens is 218 g/mol. The van der Waals surface area contributed by atoms with Crippen molar-refractivity contribution in [2.45, 2.75) is 32.2 Å². The van der Waals surface area contributed by atoms with Crippen molar-refractivity contribution in [3.8, 4) is 0 Å². The molecule has 1 heterocycles. The summed E-state index contributed by atoms with van der Waals surface area (Å²) in [5.74, 6) is -0.863. The number of hydrogen-bond donors (Lipinski definition) is 1. The molecule has 17 heavy (non-hydrogen) atoms. The summed E-state index contributed by atoms with van der Waals surface area (Å²) in [7, 11) is 0. The van der Waals surface area contributed by atoms with E-state index in [9.17, 15) is 9.90 Å². The zero-order valence-electron chi connectivity index (χ0n) is 9.92. The summed E-state index contributed by atoms with van der Waals surface area (Å²) in [6.07, 6.45) is 0.957. The molecule has 0 radical (unpaired) electrons. The van der Waals surface area contributed by atoms with Gasteiger partial charge in [-0.3, -0.25) is 0 Å². The molecule has 0 aliphatic rings. The highest BCUT2D eigenvalue weighted by Gasteiger charge is 2.39. The van der Waals surface area contributed by atoms with E-state index in [1.807, 2.05) is 38.1 Å². The van der Waals surface area contributed by atoms with E-state index in [0.717, 1.165) is 11.0 Å². The molecule has 2 aromatic rings. The molecule has 1 aromatic carbocycles. The normalized spacial score (nSPS) is 11.9. The van der Waals surface area contributed by atoms with Gasteiger partial charge in [0.1, 0.15) is 5.52 Å². The summed E-state index contributed by atoms with van der Waals surface area (Å²) in [4.78, 5) is 11.5. The zero-order chi connectivity index (χ0) is 12.5. The number of benzene rings is 1. The monoisotopic (exact) mass is 233 g/mol. The summed E-state index contributed by atoms with van der Waals surface area (Å²) in [6.45, 7) is 3.71. The van der Waals surface area contributed by atoms with Crippen LogP contribution in [0.2, 0.25) is 0 Å². The minimum absolute atomic E-state index is 0.478. The fourth-order valence-corrected chi connectivity index (χ4v) is 2.13. The van der Waals surface area contributed by atoms with E-state index in [1.54, 1.807) is 0 Å². The molecule has 0 aliphatic heterocycles. The average molecular weight is 233 g/mol. The van der Waals surface area contributed by atoms with Crippen molar-refractivity contribution < 1.29 is 9.90 Å². The Bertz CT molecular complexity index is 543. The number of aliphatic carboxylic acids is 1. The molecule has 2 rings (SSSR count). The summed E-state index contributed by atoms with van der Waals surface area (Å²) >= 11 is 0. The van der Waals surface area contributed by atoms with Crippen LogP contribution in [-0.4, -0.2) is 26.1 Å². The van der Waals surface area contributed by atoms with Gasteiger partial charge in [-0.15, -0.1) is 5.10 Å². The lowest BCUT2D eigenvalue weighted by Crippen LogP contribution is -2.41. The van der Waals surface area contributed by atoms with Gasteiger partial charge in [-0.05, 0) is 25.0 Å². The van der Waals surface area contributed by atoms with Crippen LogP contribution in [0.15, 0.2) is 24.3 Å². The third-order valence-electron chi connectivity index (χ3n) is 3.33. The lowest BCUT2D eigenvalue weighted by Gasteiger charge is -2.27. The van der Waals surface area contributed by atoms with Crippen LogP contribution in [0.3, 0.4) is 0 Å². The first-order valence-electron chi connectivity index (χ1n) is 5.70. The third kappa shape index (κ3) is 1.58. The Morgan fingerprint density at radius 1 is 1.35 bits per heavy atom. The standard InChI is InChI=1S/C12H15N3O2/c1-3-12(4-2,11(16)17)15-10-8-6-5-7-9(10)13-14-15/h5-8H,3-4H2,1-2H3,(H,16,17). The quantitative estimate of drug-likeness (QED) is 0.877. The minimum Gasteiger partial charge on any atom is -0.479 e. The van der Waals surface area contributed by atoms with E-state index in [1.165, 1.54) is 4.68 Å². The summed E-state index contributed by atoms with van der Waals surface area (Å²) in [5.41, 5.74) is 0.481. The van der Waals surface area contributed by atoms with E-state index in [-0.39, 0.29) is 0 Å². The van der Waals surface area contributed by atoms with E-state index in [2.05, 4.69) is 10.3 Å². The second kappa shape index (κ2) is 4.16. The van der Waals surface area contributed by atoms with Gasteiger partial charge in [0.2, 0.25) is 0 Å². The third-order valence-corrected chi connectivity index (χ3v) is 3.33. The van der Waals surface area contributed by atoms with Gasteiger partial charge in [-0.2, -0.15) is 0 Å². The summed E-state index contributed by atoms with van der Waals surface area (Å²) in [5, 5.41) is 17.5. The Kier molecular flexibility index (Phi) is 2.83. The zero-order valence-corrected chi connectivity index (χ0v) is 9.92. The Hall–Kier alpha value is -1.91. The number of rotatable bonds is 4. The predicted molar refractivity (Wildman–Crippen MR) is 63.7 cm³/mol. The first kappa shape index (κ1) is 11.6. The number of nitrogens with zero attached hydrogens (tertiary/aromatic N) is 3. The number of aromatic nitrogens is 3. The maximum atomic E-state index is 11.5. The van der Waals surface area contributed by atoms with Crippen LogP contribution in [0.1, 0.15) is 26.7 Å². The second-order valence-corrected chi connectivity index (χ2v) is 4.03. The molecule has 90 valence electrons. The largest absolute Gasteiger partial charge is 0.479 e. The number of carboxylic acids is 1. The molecule has 0 bridgehead atoms. The molecule has 0 saturated heterocycles. The molecule has 0 saturated carbocycles. The van der Waals surface area contributed by atoms with Gasteiger partial charge in [0.05, 0.1) is 5.52 Å². The van der Waals surface area contributed by atoms with Gasteiger partial charge in [0.25, 0.3) is 0 Å². The second-order valence-electron chi connectivity index (χ2n) is 4.03. The molecule has 0 atom stereocenters. The van der Waals surface area contributed by atoms with Crippen molar-refractivity contribution >= 4 is 17.0 Å². The number of para-hydroxylation sites is 1. The van der Waals surface area contributed by atoms with Gasteiger partial charge in [-0.25, -0.2) is 9.48 Å². The Morgan fingerprint density at radius 2 is 2.00 bits per heavy atom. The minimum atomic E-state index is -1.00. The average Bonchev–Trinajstić information content (AvgIpc) is 2.76. The van der Waals surface area contributed by atoms with E-state index < -0.39 is 11.5 Å². The predicted octanol–water partition coefficient (Wildman–Crippen LogP) is 2.03. The maximum Gasteiger partial charge on any atom is 0.331 e. The van der Waals surface area contributed by atoms with Crippen molar-refractivity contribution in [3.05, 3.63) is 24.3 Å². The molecule has 5 nitrogen and oxygen atoms in total. The topological polar surface area (TPSA) is 68.0 Å². The first-order valence-corrected chi connectivity index (χ1v) is 5.70. The Morgan fingerprint density at radius 3 is 2.59 bits per heavy atom. The van der Waals surface area contributed by atoms with Crippen molar-refractivity contribution in [1.29, 1.82) is 0 Å². The number of carbonyl (C=O) groups is 1. The van der Waals surface area contributed by atoms with Gasteiger partial charge < -0.3 is 5.11 Å². The van der Waals surface area contributed by atoms with Gasteiger partial charge in [-0.1, -0.05) is 31.2 Å². The lowest BCUT2D eigenvalue weighted by atomic mass is 9.93. The number of hydrogen-bond acceptors (Lipinski definition) is 3. The lowest BCUT2D eigenvalue weighted by molar-refractivity contribution is -0.148. The van der Waals surface area contributed by atoms with Crippen LogP contribution in [-0.2, 0) is 10.3 Å². The van der Waals surface area contributed by atoms with Crippen LogP contribution < -0.4 is 0 Å². The smallest absolute Gasteiger partial charge is 0.331 e. The van der Waals surface area contributed by atoms with Crippen molar-refractivity contribution in [3.63, 3.8) is 0 Å². The van der Waals surface area contributed by atoms with E-state index >= 15 is 0 Å². The van der Waals surface area contributed by atoms with Gasteiger partial charge in [0.15, 0.2) is 5.54 Å². The Balaban J connectivity index is 2.69. The maximum absolute atomic E-state index is 11.5. The van der Waals surface area contributed by atoms with E-state index in [4.69, 9.17) is 0 Å². The molecule has 1 N–H and O–H groups in total. The Labute approximate surface area is 99.1 Å². The highest BCUT2D eigenvalue weighted by Crippen LogP contribution is 2.28. The fraction of sp³-hybridized carbons (Fsp3) is 0.417. The highest BCUT2D eigenvalue weighted by atomic mass is 16.4. The SMILES string of the molecule is CCC(CC)(C(=O)O)n1nnc2ccccc21. The first-order chi connectivity index (χ1) is 8.15. The van der Waals surface area contributed by atoms with Crippen LogP contribution in [0.4, 0.5) is 0 Å². The molecular formula is C12H15N3O2. The number of fused-ring (bicyclic) bond motifs is 1. The molecule has 5 heteroatoms. The highest BCUT2D eigenvalue weighted by molar-refractivity contribution is 5.81.